The fraction of sp³-hybridized carbons (Fsp3) is 1.00. The standard InChI is InChI=1S/C14H28/c1-5-6-11(2)10-14-8-7-12(3)9-13(14)4/h11-14H,5-10H2,1-4H3. The quantitative estimate of drug-likeness (QED) is 0.601. The first-order chi connectivity index (χ1) is 6.63. The fourth-order valence-corrected chi connectivity index (χ4v) is 3.21. The van der Waals surface area contributed by atoms with Gasteiger partial charge in [0.1, 0.15) is 0 Å². The van der Waals surface area contributed by atoms with E-state index >= 15 is 0 Å². The molecule has 0 N–H and O–H groups in total. The molecule has 0 amide bonds. The third kappa shape index (κ3) is 3.63. The van der Waals surface area contributed by atoms with Crippen molar-refractivity contribution < 1.29 is 0 Å². The highest BCUT2D eigenvalue weighted by Gasteiger charge is 2.26. The van der Waals surface area contributed by atoms with E-state index < -0.39 is 0 Å². The van der Waals surface area contributed by atoms with Crippen molar-refractivity contribution in [3.8, 4) is 0 Å². The highest BCUT2D eigenvalue weighted by atomic mass is 14.3. The van der Waals surface area contributed by atoms with Crippen molar-refractivity contribution in [1.29, 1.82) is 0 Å². The molecule has 0 bridgehead atoms. The Kier molecular flexibility index (Phi) is 4.98. The van der Waals surface area contributed by atoms with Gasteiger partial charge in [0.05, 0.1) is 0 Å². The average molecular weight is 196 g/mol. The van der Waals surface area contributed by atoms with Crippen LogP contribution in [-0.2, 0) is 0 Å². The van der Waals surface area contributed by atoms with Crippen LogP contribution in [-0.4, -0.2) is 0 Å². The number of hydrogen-bond donors (Lipinski definition) is 0. The van der Waals surface area contributed by atoms with Gasteiger partial charge in [0.2, 0.25) is 0 Å². The molecule has 4 unspecified atom stereocenters. The van der Waals surface area contributed by atoms with Gasteiger partial charge in [-0.1, -0.05) is 47.0 Å². The van der Waals surface area contributed by atoms with Crippen molar-refractivity contribution in [2.75, 3.05) is 0 Å². The van der Waals surface area contributed by atoms with E-state index in [2.05, 4.69) is 27.7 Å². The van der Waals surface area contributed by atoms with Gasteiger partial charge in [-0.2, -0.15) is 0 Å². The maximum absolute atomic E-state index is 2.47. The Morgan fingerprint density at radius 3 is 2.50 bits per heavy atom. The van der Waals surface area contributed by atoms with E-state index in [9.17, 15) is 0 Å². The predicted octanol–water partition coefficient (Wildman–Crippen LogP) is 4.89. The molecule has 0 aromatic heterocycles. The van der Waals surface area contributed by atoms with Gasteiger partial charge in [0.15, 0.2) is 0 Å². The molecule has 0 radical (unpaired) electrons. The minimum atomic E-state index is 0.959. The summed E-state index contributed by atoms with van der Waals surface area (Å²) in [6.07, 6.45) is 8.73. The number of rotatable bonds is 4. The Morgan fingerprint density at radius 1 is 1.21 bits per heavy atom. The molecule has 1 saturated carbocycles. The second kappa shape index (κ2) is 5.78. The molecule has 0 heteroatoms. The molecule has 1 rings (SSSR count). The zero-order chi connectivity index (χ0) is 10.6. The van der Waals surface area contributed by atoms with Gasteiger partial charge in [-0.3, -0.25) is 0 Å². The minimum Gasteiger partial charge on any atom is -0.0654 e. The molecule has 0 spiro atoms. The maximum atomic E-state index is 2.47. The van der Waals surface area contributed by atoms with Gasteiger partial charge in [0, 0.05) is 0 Å². The zero-order valence-electron chi connectivity index (χ0n) is 10.6. The van der Waals surface area contributed by atoms with Crippen molar-refractivity contribution in [2.24, 2.45) is 23.7 Å². The Labute approximate surface area is 90.5 Å². The lowest BCUT2D eigenvalue weighted by atomic mass is 9.72. The van der Waals surface area contributed by atoms with Crippen LogP contribution >= 0.6 is 0 Å². The van der Waals surface area contributed by atoms with E-state index in [1.807, 2.05) is 0 Å². The largest absolute Gasteiger partial charge is 0.0654 e. The van der Waals surface area contributed by atoms with E-state index in [1.165, 1.54) is 38.5 Å². The van der Waals surface area contributed by atoms with Crippen LogP contribution in [0.25, 0.3) is 0 Å². The third-order valence-electron chi connectivity index (χ3n) is 4.10. The van der Waals surface area contributed by atoms with Gasteiger partial charge in [-0.15, -0.1) is 0 Å². The van der Waals surface area contributed by atoms with Crippen LogP contribution in [0.2, 0.25) is 0 Å². The smallest absolute Gasteiger partial charge is 0.0386 e. The second-order valence-corrected chi connectivity index (χ2v) is 5.79. The summed E-state index contributed by atoms with van der Waals surface area (Å²) >= 11 is 0. The average Bonchev–Trinajstić information content (AvgIpc) is 2.10. The summed E-state index contributed by atoms with van der Waals surface area (Å²) in [4.78, 5) is 0. The molecule has 0 aromatic rings. The molecule has 0 heterocycles. The molecule has 0 aliphatic heterocycles. The van der Waals surface area contributed by atoms with E-state index in [4.69, 9.17) is 0 Å². The van der Waals surface area contributed by atoms with E-state index in [-0.39, 0.29) is 0 Å². The van der Waals surface area contributed by atoms with Crippen molar-refractivity contribution in [3.63, 3.8) is 0 Å². The summed E-state index contributed by atoms with van der Waals surface area (Å²) in [5, 5.41) is 0. The first-order valence-corrected chi connectivity index (χ1v) is 6.63. The molecule has 84 valence electrons. The zero-order valence-corrected chi connectivity index (χ0v) is 10.6. The monoisotopic (exact) mass is 196 g/mol. The molecular weight excluding hydrogens is 168 g/mol. The molecule has 0 aromatic carbocycles. The summed E-state index contributed by atoms with van der Waals surface area (Å²) < 4.78 is 0. The summed E-state index contributed by atoms with van der Waals surface area (Å²) in [5.41, 5.74) is 0. The molecular formula is C14H28. The van der Waals surface area contributed by atoms with Gasteiger partial charge >= 0.3 is 0 Å². The molecule has 1 aliphatic carbocycles. The Bertz CT molecular complexity index is 150. The molecule has 0 nitrogen and oxygen atoms in total. The molecule has 0 saturated heterocycles. The molecule has 1 fully saturated rings. The maximum Gasteiger partial charge on any atom is -0.0386 e. The lowest BCUT2D eigenvalue weighted by molar-refractivity contribution is 0.173. The summed E-state index contributed by atoms with van der Waals surface area (Å²) in [5.74, 6) is 3.97. The van der Waals surface area contributed by atoms with Gasteiger partial charge < -0.3 is 0 Å². The minimum absolute atomic E-state index is 0.959. The van der Waals surface area contributed by atoms with Gasteiger partial charge in [-0.25, -0.2) is 0 Å². The highest BCUT2D eigenvalue weighted by Crippen LogP contribution is 2.37. The summed E-state index contributed by atoms with van der Waals surface area (Å²) in [6, 6.07) is 0. The lowest BCUT2D eigenvalue weighted by Crippen LogP contribution is -2.23. The predicted molar refractivity (Wildman–Crippen MR) is 64.4 cm³/mol. The van der Waals surface area contributed by atoms with Crippen molar-refractivity contribution in [2.45, 2.75) is 66.2 Å². The third-order valence-corrected chi connectivity index (χ3v) is 4.10. The van der Waals surface area contributed by atoms with Gasteiger partial charge in [-0.05, 0) is 42.9 Å². The Hall–Kier alpha value is 0. The van der Waals surface area contributed by atoms with Crippen LogP contribution in [0, 0.1) is 23.7 Å². The topological polar surface area (TPSA) is 0 Å². The van der Waals surface area contributed by atoms with Gasteiger partial charge in [0.25, 0.3) is 0 Å². The lowest BCUT2D eigenvalue weighted by Gasteiger charge is -2.34. The second-order valence-electron chi connectivity index (χ2n) is 5.79. The van der Waals surface area contributed by atoms with Crippen LogP contribution in [0.5, 0.6) is 0 Å². The molecule has 4 atom stereocenters. The van der Waals surface area contributed by atoms with E-state index in [1.54, 1.807) is 0 Å². The van der Waals surface area contributed by atoms with Crippen molar-refractivity contribution >= 4 is 0 Å². The van der Waals surface area contributed by atoms with Crippen LogP contribution < -0.4 is 0 Å². The molecule has 14 heavy (non-hydrogen) atoms. The Morgan fingerprint density at radius 2 is 1.93 bits per heavy atom. The first kappa shape index (κ1) is 12.1. The van der Waals surface area contributed by atoms with E-state index in [0.29, 0.717) is 0 Å². The highest BCUT2D eigenvalue weighted by molar-refractivity contribution is 4.77. The van der Waals surface area contributed by atoms with Crippen LogP contribution in [0.15, 0.2) is 0 Å². The first-order valence-electron chi connectivity index (χ1n) is 6.63. The number of hydrogen-bond acceptors (Lipinski definition) is 0. The normalized spacial score (nSPS) is 35.6. The summed E-state index contributed by atoms with van der Waals surface area (Å²) in [7, 11) is 0. The van der Waals surface area contributed by atoms with E-state index in [0.717, 1.165) is 23.7 Å². The Balaban J connectivity index is 2.29. The fourth-order valence-electron chi connectivity index (χ4n) is 3.21. The molecule has 1 aliphatic rings. The van der Waals surface area contributed by atoms with Crippen molar-refractivity contribution in [3.05, 3.63) is 0 Å². The van der Waals surface area contributed by atoms with Crippen LogP contribution in [0.3, 0.4) is 0 Å². The van der Waals surface area contributed by atoms with Crippen LogP contribution in [0.1, 0.15) is 66.2 Å². The van der Waals surface area contributed by atoms with Crippen molar-refractivity contribution in [1.82, 2.24) is 0 Å². The SMILES string of the molecule is CCCC(C)CC1CCC(C)CC1C. The summed E-state index contributed by atoms with van der Waals surface area (Å²) in [6.45, 7) is 9.64. The van der Waals surface area contributed by atoms with Crippen LogP contribution in [0.4, 0.5) is 0 Å².